The van der Waals surface area contributed by atoms with Gasteiger partial charge in [0.05, 0.1) is 15.1 Å². The molecule has 1 atom stereocenters. The Morgan fingerprint density at radius 2 is 2.00 bits per heavy atom. The first kappa shape index (κ1) is 22.4. The minimum Gasteiger partial charge on any atom is -0.379 e. The van der Waals surface area contributed by atoms with Crippen molar-refractivity contribution < 1.29 is 22.3 Å². The van der Waals surface area contributed by atoms with Gasteiger partial charge in [-0.2, -0.15) is 8.42 Å². The van der Waals surface area contributed by atoms with E-state index in [2.05, 4.69) is 9.98 Å². The third-order valence-corrected chi connectivity index (χ3v) is 8.37. The van der Waals surface area contributed by atoms with E-state index >= 15 is 0 Å². The fourth-order valence-corrected chi connectivity index (χ4v) is 6.78. The number of nitrogens with zero attached hydrogens (tertiary/aromatic N) is 3. The molecule has 0 aliphatic carbocycles. The lowest BCUT2D eigenvalue weighted by Gasteiger charge is -2.10. The van der Waals surface area contributed by atoms with Crippen LogP contribution in [-0.4, -0.2) is 40.9 Å². The maximum atomic E-state index is 12.9. The number of nitro groups is 1. The van der Waals surface area contributed by atoms with Crippen LogP contribution in [0.2, 0.25) is 0 Å². The predicted octanol–water partition coefficient (Wildman–Crippen LogP) is 4.04. The Bertz CT molecular complexity index is 1410. The summed E-state index contributed by atoms with van der Waals surface area (Å²) in [6, 6.07) is 6.96. The van der Waals surface area contributed by atoms with Crippen LogP contribution in [-0.2, 0) is 14.9 Å². The Balaban J connectivity index is 1.68. The maximum absolute atomic E-state index is 12.9. The zero-order valence-corrected chi connectivity index (χ0v) is 19.6. The number of thioether (sulfide) groups is 1. The Hall–Kier alpha value is -2.83. The van der Waals surface area contributed by atoms with Gasteiger partial charge in [0.1, 0.15) is 21.8 Å². The van der Waals surface area contributed by atoms with Crippen molar-refractivity contribution in [1.82, 2.24) is 4.98 Å². The third-order valence-electron chi connectivity index (χ3n) is 4.72. The Morgan fingerprint density at radius 1 is 1.25 bits per heavy atom. The topological polar surface area (TPSA) is 129 Å². The highest BCUT2D eigenvalue weighted by molar-refractivity contribution is 8.15. The van der Waals surface area contributed by atoms with Gasteiger partial charge in [-0.25, -0.2) is 4.98 Å². The van der Waals surface area contributed by atoms with Gasteiger partial charge in [0.25, 0.3) is 5.69 Å². The molecule has 0 fully saturated rings. The number of Topliss-reactive ketones (excluding diaryl/α,β-unsaturated/α-hetero) is 1. The van der Waals surface area contributed by atoms with Gasteiger partial charge in [-0.05, 0) is 44.0 Å². The van der Waals surface area contributed by atoms with E-state index in [0.717, 1.165) is 0 Å². The molecule has 2 heterocycles. The summed E-state index contributed by atoms with van der Waals surface area (Å²) >= 11 is 2.75. The molecule has 1 aliphatic rings. The number of carbonyl (C=O) groups is 1. The maximum Gasteiger partial charge on any atom is 0.346 e. The first-order valence-corrected chi connectivity index (χ1v) is 12.6. The molecule has 0 amide bonds. The number of aliphatic imine (C=N–C) groups is 1. The van der Waals surface area contributed by atoms with E-state index in [0.29, 0.717) is 31.6 Å². The number of rotatable bonds is 6. The van der Waals surface area contributed by atoms with Crippen LogP contribution in [0.25, 0.3) is 10.2 Å². The van der Waals surface area contributed by atoms with Gasteiger partial charge >= 0.3 is 10.1 Å². The molecule has 3 aromatic rings. The molecule has 9 nitrogen and oxygen atoms in total. The Labute approximate surface area is 191 Å². The number of fused-ring (bicyclic) bond motifs is 1. The summed E-state index contributed by atoms with van der Waals surface area (Å²) in [5, 5.41) is 12.7. The predicted molar refractivity (Wildman–Crippen MR) is 123 cm³/mol. The first-order chi connectivity index (χ1) is 15.0. The van der Waals surface area contributed by atoms with Gasteiger partial charge in [-0.15, -0.1) is 23.1 Å². The number of aromatic nitrogens is 1. The molecule has 0 radical (unpaired) electrons. The molecule has 1 unspecified atom stereocenters. The molecule has 2 aromatic carbocycles. The van der Waals surface area contributed by atoms with Crippen LogP contribution < -0.4 is 4.18 Å². The zero-order chi connectivity index (χ0) is 23.2. The van der Waals surface area contributed by atoms with Crippen LogP contribution in [0.5, 0.6) is 5.75 Å². The zero-order valence-electron chi connectivity index (χ0n) is 17.2. The van der Waals surface area contributed by atoms with Crippen molar-refractivity contribution in [2.75, 3.05) is 5.75 Å². The second-order valence-corrected chi connectivity index (χ2v) is 10.8. The van der Waals surface area contributed by atoms with E-state index in [1.165, 1.54) is 55.1 Å². The lowest BCUT2D eigenvalue weighted by molar-refractivity contribution is -0.388. The number of benzene rings is 2. The van der Waals surface area contributed by atoms with E-state index in [1.807, 2.05) is 0 Å². The Morgan fingerprint density at radius 3 is 2.66 bits per heavy atom. The van der Waals surface area contributed by atoms with Gasteiger partial charge in [0, 0.05) is 17.9 Å². The second kappa shape index (κ2) is 8.26. The Kier molecular flexibility index (Phi) is 5.77. The van der Waals surface area contributed by atoms with Crippen LogP contribution in [0.4, 0.5) is 5.69 Å². The van der Waals surface area contributed by atoms with E-state index in [-0.39, 0.29) is 23.1 Å². The number of ketones is 1. The molecule has 0 N–H and O–H groups in total. The summed E-state index contributed by atoms with van der Waals surface area (Å²) in [6.07, 6.45) is 0. The molecule has 0 saturated carbocycles. The van der Waals surface area contributed by atoms with Gasteiger partial charge in [-0.3, -0.25) is 19.9 Å². The van der Waals surface area contributed by atoms with Crippen molar-refractivity contribution >= 4 is 59.9 Å². The molecule has 0 spiro atoms. The summed E-state index contributed by atoms with van der Waals surface area (Å²) in [4.78, 5) is 30.7. The lowest BCUT2D eigenvalue weighted by atomic mass is 10.1. The molecule has 1 aliphatic heterocycles. The summed E-state index contributed by atoms with van der Waals surface area (Å²) in [6.45, 7) is 4.64. The lowest BCUT2D eigenvalue weighted by Crippen LogP contribution is -2.14. The smallest absolute Gasteiger partial charge is 0.346 e. The van der Waals surface area contributed by atoms with Crippen molar-refractivity contribution in [2.24, 2.45) is 4.99 Å². The van der Waals surface area contributed by atoms with E-state index in [4.69, 9.17) is 4.18 Å². The van der Waals surface area contributed by atoms with Crippen molar-refractivity contribution in [1.29, 1.82) is 0 Å². The quantitative estimate of drug-likeness (QED) is 0.287. The minimum atomic E-state index is -4.45. The molecule has 0 saturated heterocycles. The molecule has 1 aromatic heterocycles. The number of aryl methyl sites for hydroxylation is 2. The van der Waals surface area contributed by atoms with Crippen LogP contribution in [0, 0.1) is 24.0 Å². The number of hydrogen-bond acceptors (Lipinski definition) is 10. The molecule has 12 heteroatoms. The highest BCUT2D eigenvalue weighted by Crippen LogP contribution is 2.34. The summed E-state index contributed by atoms with van der Waals surface area (Å²) in [5.41, 5.74) is 0.905. The molecule has 32 heavy (non-hydrogen) atoms. The van der Waals surface area contributed by atoms with Crippen LogP contribution >= 0.6 is 23.1 Å². The van der Waals surface area contributed by atoms with Gasteiger partial charge in [0.2, 0.25) is 0 Å². The first-order valence-electron chi connectivity index (χ1n) is 9.37. The standard InChI is InChI=1S/C20H17N3O6S3/c1-10-6-11(2)18(16(7-10)23(25)26)32(27,28)29-13-4-5-14-17(8-13)31-20(21-14)19-22-15(9-30-19)12(3)24/h4-8,15H,9H2,1-3H3. The summed E-state index contributed by atoms with van der Waals surface area (Å²) < 4.78 is 31.8. The molecule has 0 bridgehead atoms. The molecule has 4 rings (SSSR count). The van der Waals surface area contributed by atoms with Gasteiger partial charge in [-0.1, -0.05) is 6.07 Å². The summed E-state index contributed by atoms with van der Waals surface area (Å²) in [5.74, 6) is 0.585. The van der Waals surface area contributed by atoms with Crippen molar-refractivity contribution in [3.05, 3.63) is 56.6 Å². The van der Waals surface area contributed by atoms with E-state index in [1.54, 1.807) is 19.1 Å². The number of nitro benzene ring substituents is 1. The van der Waals surface area contributed by atoms with E-state index in [9.17, 15) is 23.3 Å². The highest BCUT2D eigenvalue weighted by atomic mass is 32.2. The largest absolute Gasteiger partial charge is 0.379 e. The average Bonchev–Trinajstić information content (AvgIpc) is 3.33. The summed E-state index contributed by atoms with van der Waals surface area (Å²) in [7, 11) is -4.45. The molecule has 166 valence electrons. The monoisotopic (exact) mass is 491 g/mol. The van der Waals surface area contributed by atoms with Gasteiger partial charge < -0.3 is 4.18 Å². The van der Waals surface area contributed by atoms with Crippen LogP contribution in [0.1, 0.15) is 23.1 Å². The number of thiazole rings is 1. The average molecular weight is 492 g/mol. The van der Waals surface area contributed by atoms with Crippen LogP contribution in [0.15, 0.2) is 40.2 Å². The number of hydrogen-bond donors (Lipinski definition) is 0. The van der Waals surface area contributed by atoms with Crippen molar-refractivity contribution in [3.63, 3.8) is 0 Å². The molecular formula is C20H17N3O6S3. The fourth-order valence-electron chi connectivity index (χ4n) is 3.31. The van der Waals surface area contributed by atoms with Crippen LogP contribution in [0.3, 0.4) is 0 Å². The SMILES string of the molecule is CC(=O)C1CSC(c2nc3ccc(OS(=O)(=O)c4c(C)cc(C)cc4[N+](=O)[O-])cc3s2)=N1. The van der Waals surface area contributed by atoms with Gasteiger partial charge in [0.15, 0.2) is 10.7 Å². The third kappa shape index (κ3) is 4.25. The van der Waals surface area contributed by atoms with Crippen molar-refractivity contribution in [2.45, 2.75) is 31.7 Å². The fraction of sp³-hybridized carbons (Fsp3) is 0.250. The second-order valence-electron chi connectivity index (χ2n) is 7.24. The highest BCUT2D eigenvalue weighted by Gasteiger charge is 2.31. The normalized spacial score (nSPS) is 16.2. The number of carbonyl (C=O) groups excluding carboxylic acids is 1. The molecular weight excluding hydrogens is 474 g/mol. The minimum absolute atomic E-state index is 0.00463. The van der Waals surface area contributed by atoms with Crippen molar-refractivity contribution in [3.8, 4) is 5.75 Å². The van der Waals surface area contributed by atoms with E-state index < -0.39 is 25.6 Å².